The molecule has 1 fully saturated rings. The molecule has 6 nitrogen and oxygen atoms in total. The molecule has 1 saturated heterocycles. The number of amides is 1. The third-order valence-corrected chi connectivity index (χ3v) is 6.01. The molecule has 1 amide bonds. The lowest BCUT2D eigenvalue weighted by atomic mass is 9.93. The van der Waals surface area contributed by atoms with Crippen molar-refractivity contribution in [1.82, 2.24) is 4.90 Å². The highest BCUT2D eigenvalue weighted by molar-refractivity contribution is 6.46. The van der Waals surface area contributed by atoms with Crippen molar-refractivity contribution in [3.05, 3.63) is 83.4 Å². The zero-order chi connectivity index (χ0) is 24.2. The summed E-state index contributed by atoms with van der Waals surface area (Å²) in [6, 6.07) is 19.7. The number of carbonyl (C=O) groups excluding carboxylic acids is 2. The molecular formula is C28H29NO5. The summed E-state index contributed by atoms with van der Waals surface area (Å²) in [4.78, 5) is 27.9. The minimum absolute atomic E-state index is 0.0826. The summed E-state index contributed by atoms with van der Waals surface area (Å²) in [6.45, 7) is 4.71. The van der Waals surface area contributed by atoms with E-state index in [1.54, 1.807) is 25.3 Å². The Kier molecular flexibility index (Phi) is 6.98. The van der Waals surface area contributed by atoms with Crippen LogP contribution in [0, 0.1) is 0 Å². The van der Waals surface area contributed by atoms with Crippen LogP contribution in [0.4, 0.5) is 0 Å². The van der Waals surface area contributed by atoms with Crippen molar-refractivity contribution >= 4 is 28.2 Å². The second kappa shape index (κ2) is 10.1. The van der Waals surface area contributed by atoms with E-state index in [-0.39, 0.29) is 17.4 Å². The predicted molar refractivity (Wildman–Crippen MR) is 132 cm³/mol. The molecule has 4 rings (SSSR count). The number of benzene rings is 3. The molecule has 6 heteroatoms. The van der Waals surface area contributed by atoms with Crippen molar-refractivity contribution < 1.29 is 24.2 Å². The van der Waals surface area contributed by atoms with Crippen LogP contribution < -0.4 is 4.74 Å². The Hall–Kier alpha value is -3.64. The molecule has 3 aromatic carbocycles. The quantitative estimate of drug-likeness (QED) is 0.220. The first-order valence-electron chi connectivity index (χ1n) is 11.4. The van der Waals surface area contributed by atoms with Gasteiger partial charge < -0.3 is 19.5 Å². The van der Waals surface area contributed by atoms with Gasteiger partial charge in [0.25, 0.3) is 11.7 Å². The number of carbonyl (C=O) groups is 2. The van der Waals surface area contributed by atoms with Crippen molar-refractivity contribution in [2.75, 3.05) is 20.3 Å². The van der Waals surface area contributed by atoms with Gasteiger partial charge in [0.05, 0.1) is 24.8 Å². The fraction of sp³-hybridized carbons (Fsp3) is 0.286. The normalized spacial score (nSPS) is 17.6. The maximum atomic E-state index is 13.2. The summed E-state index contributed by atoms with van der Waals surface area (Å²) in [5.41, 5.74) is 1.35. The lowest BCUT2D eigenvalue weighted by molar-refractivity contribution is -0.140. The summed E-state index contributed by atoms with van der Waals surface area (Å²) in [6.07, 6.45) is 0.658. The molecular weight excluding hydrogens is 430 g/mol. The molecule has 0 aromatic heterocycles. The van der Waals surface area contributed by atoms with Crippen LogP contribution in [-0.4, -0.2) is 48.1 Å². The second-order valence-electron chi connectivity index (χ2n) is 8.57. The van der Waals surface area contributed by atoms with Crippen molar-refractivity contribution in [3.8, 4) is 5.75 Å². The Morgan fingerprint density at radius 1 is 1.00 bits per heavy atom. The van der Waals surface area contributed by atoms with E-state index in [0.717, 1.165) is 16.3 Å². The zero-order valence-electron chi connectivity index (χ0n) is 19.7. The molecule has 0 bridgehead atoms. The maximum Gasteiger partial charge on any atom is 0.295 e. The number of rotatable bonds is 8. The van der Waals surface area contributed by atoms with Gasteiger partial charge in [-0.3, -0.25) is 9.59 Å². The Morgan fingerprint density at radius 3 is 2.41 bits per heavy atom. The van der Waals surface area contributed by atoms with Crippen LogP contribution in [0.3, 0.4) is 0 Å². The van der Waals surface area contributed by atoms with Crippen LogP contribution in [0.25, 0.3) is 16.5 Å². The van der Waals surface area contributed by atoms with E-state index in [2.05, 4.69) is 0 Å². The molecule has 34 heavy (non-hydrogen) atoms. The second-order valence-corrected chi connectivity index (χ2v) is 8.57. The van der Waals surface area contributed by atoms with E-state index in [4.69, 9.17) is 9.47 Å². The Bertz CT molecular complexity index is 1220. The Balaban J connectivity index is 1.81. The molecule has 0 radical (unpaired) electrons. The van der Waals surface area contributed by atoms with Crippen molar-refractivity contribution in [2.45, 2.75) is 32.4 Å². The van der Waals surface area contributed by atoms with Crippen LogP contribution in [0.1, 0.15) is 37.4 Å². The first-order chi connectivity index (χ1) is 16.4. The van der Waals surface area contributed by atoms with Gasteiger partial charge in [-0.05, 0) is 48.7 Å². The predicted octanol–water partition coefficient (Wildman–Crippen LogP) is 5.09. The number of fused-ring (bicyclic) bond motifs is 1. The number of ether oxygens (including phenoxy) is 2. The third-order valence-electron chi connectivity index (χ3n) is 6.01. The van der Waals surface area contributed by atoms with Gasteiger partial charge in [-0.1, -0.05) is 54.6 Å². The van der Waals surface area contributed by atoms with E-state index >= 15 is 0 Å². The highest BCUT2D eigenvalue weighted by atomic mass is 16.5. The number of nitrogens with zero attached hydrogens (tertiary/aromatic N) is 1. The van der Waals surface area contributed by atoms with Gasteiger partial charge in [-0.15, -0.1) is 0 Å². The molecule has 1 aliphatic rings. The summed E-state index contributed by atoms with van der Waals surface area (Å²) in [5, 5.41) is 13.2. The number of hydrogen-bond donors (Lipinski definition) is 1. The molecule has 1 atom stereocenters. The monoisotopic (exact) mass is 459 g/mol. The first-order valence-corrected chi connectivity index (χ1v) is 11.4. The van der Waals surface area contributed by atoms with E-state index in [0.29, 0.717) is 30.9 Å². The van der Waals surface area contributed by atoms with E-state index in [1.807, 2.05) is 62.4 Å². The topological polar surface area (TPSA) is 76.1 Å². The zero-order valence-corrected chi connectivity index (χ0v) is 19.7. The minimum atomic E-state index is -0.705. The molecule has 0 spiro atoms. The first kappa shape index (κ1) is 23.5. The number of Topliss-reactive ketones (excluding diaryl/α,β-unsaturated/α-hetero) is 1. The fourth-order valence-electron chi connectivity index (χ4n) is 4.37. The number of likely N-dealkylation sites (tertiary alicyclic amines) is 1. The van der Waals surface area contributed by atoms with Crippen LogP contribution in [-0.2, 0) is 14.3 Å². The van der Waals surface area contributed by atoms with Crippen LogP contribution in [0.15, 0.2) is 72.3 Å². The molecule has 1 unspecified atom stereocenters. The molecule has 0 aliphatic carbocycles. The van der Waals surface area contributed by atoms with E-state index in [1.165, 1.54) is 4.90 Å². The molecule has 176 valence electrons. The Labute approximate surface area is 199 Å². The maximum absolute atomic E-state index is 13.2. The van der Waals surface area contributed by atoms with Crippen LogP contribution >= 0.6 is 0 Å². The highest BCUT2D eigenvalue weighted by Crippen LogP contribution is 2.40. The molecule has 0 saturated carbocycles. The number of hydrogen-bond acceptors (Lipinski definition) is 5. The van der Waals surface area contributed by atoms with Gasteiger partial charge >= 0.3 is 0 Å². The standard InChI is InChI=1S/C28H29NO5/c1-18(2)34-17-7-16-29-25(20-12-14-21(33-3)15-13-20)24(27(31)28(29)32)26(30)23-11-6-9-19-8-4-5-10-22(19)23/h4-6,8-15,18,25,30H,7,16-17H2,1-3H3/b26-24-. The number of ketones is 1. The van der Waals surface area contributed by atoms with Crippen molar-refractivity contribution in [2.24, 2.45) is 0 Å². The summed E-state index contributed by atoms with van der Waals surface area (Å²) in [7, 11) is 1.58. The SMILES string of the molecule is COc1ccc(C2/C(=C(/O)c3cccc4ccccc34)C(=O)C(=O)N2CCCOC(C)C)cc1. The van der Waals surface area contributed by atoms with Gasteiger partial charge in [0.1, 0.15) is 11.5 Å². The lowest BCUT2D eigenvalue weighted by Crippen LogP contribution is -2.31. The number of aliphatic hydroxyl groups is 1. The largest absolute Gasteiger partial charge is 0.507 e. The fourth-order valence-corrected chi connectivity index (χ4v) is 4.37. The summed E-state index contributed by atoms with van der Waals surface area (Å²) < 4.78 is 10.9. The van der Waals surface area contributed by atoms with Gasteiger partial charge in [0, 0.05) is 18.7 Å². The highest BCUT2D eigenvalue weighted by Gasteiger charge is 2.45. The number of aliphatic hydroxyl groups excluding tert-OH is 1. The van der Waals surface area contributed by atoms with Crippen LogP contribution in [0.5, 0.6) is 5.75 Å². The van der Waals surface area contributed by atoms with Crippen LogP contribution in [0.2, 0.25) is 0 Å². The lowest BCUT2D eigenvalue weighted by Gasteiger charge is -2.25. The number of methoxy groups -OCH3 is 1. The molecule has 1 heterocycles. The molecule has 1 aliphatic heterocycles. The van der Waals surface area contributed by atoms with Crippen molar-refractivity contribution in [1.29, 1.82) is 0 Å². The smallest absolute Gasteiger partial charge is 0.295 e. The summed E-state index contributed by atoms with van der Waals surface area (Å²) in [5.74, 6) is -0.805. The molecule has 1 N–H and O–H groups in total. The van der Waals surface area contributed by atoms with Gasteiger partial charge in [0.2, 0.25) is 0 Å². The Morgan fingerprint density at radius 2 is 1.71 bits per heavy atom. The van der Waals surface area contributed by atoms with Gasteiger partial charge in [-0.25, -0.2) is 0 Å². The van der Waals surface area contributed by atoms with Gasteiger partial charge in [0.15, 0.2) is 0 Å². The average Bonchev–Trinajstić information content (AvgIpc) is 3.10. The molecule has 3 aromatic rings. The minimum Gasteiger partial charge on any atom is -0.507 e. The van der Waals surface area contributed by atoms with Crippen molar-refractivity contribution in [3.63, 3.8) is 0 Å². The summed E-state index contributed by atoms with van der Waals surface area (Å²) >= 11 is 0. The third kappa shape index (κ3) is 4.54. The van der Waals surface area contributed by atoms with Gasteiger partial charge in [-0.2, -0.15) is 0 Å². The average molecular weight is 460 g/mol. The van der Waals surface area contributed by atoms with E-state index in [9.17, 15) is 14.7 Å². The van der Waals surface area contributed by atoms with E-state index < -0.39 is 17.7 Å².